The zero-order chi connectivity index (χ0) is 14.9. The summed E-state index contributed by atoms with van der Waals surface area (Å²) in [5.74, 6) is -1.38. The van der Waals surface area contributed by atoms with E-state index >= 15 is 0 Å². The zero-order valence-corrected chi connectivity index (χ0v) is 12.3. The SMILES string of the molecule is Nc1cc(F)cc(S(=O)(=O)Nc2cc(F)ccc2Br)c1. The molecule has 0 bridgehead atoms. The summed E-state index contributed by atoms with van der Waals surface area (Å²) in [6, 6.07) is 6.46. The van der Waals surface area contributed by atoms with Gasteiger partial charge in [0.1, 0.15) is 11.6 Å². The number of halogens is 3. The van der Waals surface area contributed by atoms with E-state index in [0.29, 0.717) is 4.47 Å². The van der Waals surface area contributed by atoms with Crippen LogP contribution in [0, 0.1) is 11.6 Å². The van der Waals surface area contributed by atoms with Crippen LogP contribution < -0.4 is 10.5 Å². The fourth-order valence-electron chi connectivity index (χ4n) is 1.52. The first-order chi connectivity index (χ1) is 9.28. The van der Waals surface area contributed by atoms with Crippen LogP contribution in [-0.4, -0.2) is 8.42 Å². The largest absolute Gasteiger partial charge is 0.399 e. The highest BCUT2D eigenvalue weighted by atomic mass is 79.9. The molecule has 2 aromatic rings. The lowest BCUT2D eigenvalue weighted by Gasteiger charge is -2.10. The van der Waals surface area contributed by atoms with E-state index in [-0.39, 0.29) is 16.3 Å². The lowest BCUT2D eigenvalue weighted by atomic mass is 10.3. The topological polar surface area (TPSA) is 72.2 Å². The average molecular weight is 363 g/mol. The van der Waals surface area contributed by atoms with Gasteiger partial charge in [-0.05, 0) is 52.3 Å². The van der Waals surface area contributed by atoms with Crippen molar-refractivity contribution >= 4 is 37.3 Å². The quantitative estimate of drug-likeness (QED) is 0.824. The maximum absolute atomic E-state index is 13.2. The highest BCUT2D eigenvalue weighted by Gasteiger charge is 2.17. The molecule has 0 radical (unpaired) electrons. The summed E-state index contributed by atoms with van der Waals surface area (Å²) in [4.78, 5) is -0.342. The molecule has 2 aromatic carbocycles. The molecule has 0 fully saturated rings. The van der Waals surface area contributed by atoms with Crippen molar-refractivity contribution in [1.82, 2.24) is 0 Å². The van der Waals surface area contributed by atoms with Crippen molar-refractivity contribution < 1.29 is 17.2 Å². The van der Waals surface area contributed by atoms with Gasteiger partial charge in [0.15, 0.2) is 0 Å². The van der Waals surface area contributed by atoms with Gasteiger partial charge in [0.25, 0.3) is 10.0 Å². The van der Waals surface area contributed by atoms with Gasteiger partial charge in [-0.25, -0.2) is 17.2 Å². The highest BCUT2D eigenvalue weighted by molar-refractivity contribution is 9.10. The molecule has 0 atom stereocenters. The Balaban J connectivity index is 2.43. The normalized spacial score (nSPS) is 11.3. The molecule has 2 rings (SSSR count). The Labute approximate surface area is 122 Å². The van der Waals surface area contributed by atoms with Gasteiger partial charge in [-0.2, -0.15) is 0 Å². The number of anilines is 2. The molecule has 0 spiro atoms. The number of nitrogen functional groups attached to an aromatic ring is 1. The van der Waals surface area contributed by atoms with Crippen LogP contribution in [-0.2, 0) is 10.0 Å². The maximum atomic E-state index is 13.2. The molecule has 0 amide bonds. The second-order valence-corrected chi connectivity index (χ2v) is 6.49. The Morgan fingerprint density at radius 2 is 1.75 bits per heavy atom. The molecular formula is C12H9BrF2N2O2S. The summed E-state index contributed by atoms with van der Waals surface area (Å²) >= 11 is 3.09. The standard InChI is InChI=1S/C12H9BrF2N2O2S/c13-11-2-1-7(14)5-12(11)17-20(18,19)10-4-8(15)3-9(16)6-10/h1-6,17H,16H2. The number of nitrogens with two attached hydrogens (primary N) is 1. The van der Waals surface area contributed by atoms with Gasteiger partial charge in [0.05, 0.1) is 10.6 Å². The average Bonchev–Trinajstić information content (AvgIpc) is 2.32. The van der Waals surface area contributed by atoms with E-state index in [0.717, 1.165) is 24.3 Å². The first-order valence-electron chi connectivity index (χ1n) is 5.32. The third-order valence-corrected chi connectivity index (χ3v) is 4.41. The molecule has 4 nitrogen and oxygen atoms in total. The fraction of sp³-hybridized carbons (Fsp3) is 0. The minimum absolute atomic E-state index is 0.00725. The van der Waals surface area contributed by atoms with Crippen molar-refractivity contribution in [2.24, 2.45) is 0 Å². The molecule has 0 saturated carbocycles. The Kier molecular flexibility index (Phi) is 3.96. The Hall–Kier alpha value is -1.67. The lowest BCUT2D eigenvalue weighted by molar-refractivity contribution is 0.595. The Morgan fingerprint density at radius 3 is 2.40 bits per heavy atom. The summed E-state index contributed by atoms with van der Waals surface area (Å²) in [5.41, 5.74) is 5.38. The number of hydrogen-bond acceptors (Lipinski definition) is 3. The molecule has 20 heavy (non-hydrogen) atoms. The molecule has 3 N–H and O–H groups in total. The van der Waals surface area contributed by atoms with Crippen molar-refractivity contribution in [2.75, 3.05) is 10.5 Å². The van der Waals surface area contributed by atoms with Crippen LogP contribution in [0.5, 0.6) is 0 Å². The fourth-order valence-corrected chi connectivity index (χ4v) is 3.13. The van der Waals surface area contributed by atoms with E-state index in [4.69, 9.17) is 5.73 Å². The molecule has 106 valence electrons. The van der Waals surface area contributed by atoms with Gasteiger partial charge in [0, 0.05) is 10.2 Å². The molecule has 0 aliphatic rings. The van der Waals surface area contributed by atoms with Crippen LogP contribution in [0.2, 0.25) is 0 Å². The predicted octanol–water partition coefficient (Wildman–Crippen LogP) is 3.11. The van der Waals surface area contributed by atoms with Crippen LogP contribution in [0.3, 0.4) is 0 Å². The molecule has 8 heteroatoms. The number of benzene rings is 2. The Bertz CT molecular complexity index is 746. The third-order valence-electron chi connectivity index (χ3n) is 2.38. The number of sulfonamides is 1. The first kappa shape index (κ1) is 14.7. The molecule has 0 unspecified atom stereocenters. The van der Waals surface area contributed by atoms with Crippen LogP contribution in [0.1, 0.15) is 0 Å². The summed E-state index contributed by atoms with van der Waals surface area (Å²) < 4.78 is 53.0. The number of nitrogens with one attached hydrogen (secondary N) is 1. The van der Waals surface area contributed by atoms with Gasteiger partial charge in [-0.15, -0.1) is 0 Å². The van der Waals surface area contributed by atoms with Gasteiger partial charge in [-0.3, -0.25) is 4.72 Å². The van der Waals surface area contributed by atoms with E-state index < -0.39 is 21.7 Å². The van der Waals surface area contributed by atoms with Crippen LogP contribution in [0.4, 0.5) is 20.2 Å². The highest BCUT2D eigenvalue weighted by Crippen LogP contribution is 2.26. The predicted molar refractivity (Wildman–Crippen MR) is 75.7 cm³/mol. The zero-order valence-electron chi connectivity index (χ0n) is 9.90. The van der Waals surface area contributed by atoms with Gasteiger partial charge < -0.3 is 5.73 Å². The second kappa shape index (κ2) is 5.37. The van der Waals surface area contributed by atoms with Crippen LogP contribution in [0.25, 0.3) is 0 Å². The number of hydrogen-bond donors (Lipinski definition) is 2. The summed E-state index contributed by atoms with van der Waals surface area (Å²) in [6.07, 6.45) is 0. The monoisotopic (exact) mass is 362 g/mol. The maximum Gasteiger partial charge on any atom is 0.262 e. The molecular weight excluding hydrogens is 354 g/mol. The van der Waals surface area contributed by atoms with E-state index in [1.807, 2.05) is 0 Å². The summed E-state index contributed by atoms with van der Waals surface area (Å²) in [5, 5.41) is 0. The van der Waals surface area contributed by atoms with Crippen molar-refractivity contribution in [3.05, 3.63) is 52.5 Å². The van der Waals surface area contributed by atoms with Crippen molar-refractivity contribution in [2.45, 2.75) is 4.90 Å². The van der Waals surface area contributed by atoms with Crippen molar-refractivity contribution in [3.63, 3.8) is 0 Å². The van der Waals surface area contributed by atoms with E-state index in [9.17, 15) is 17.2 Å². The first-order valence-corrected chi connectivity index (χ1v) is 7.59. The van der Waals surface area contributed by atoms with E-state index in [2.05, 4.69) is 20.7 Å². The van der Waals surface area contributed by atoms with Crippen LogP contribution >= 0.6 is 15.9 Å². The molecule has 0 heterocycles. The van der Waals surface area contributed by atoms with Gasteiger partial charge in [0.2, 0.25) is 0 Å². The van der Waals surface area contributed by atoms with Gasteiger partial charge in [-0.1, -0.05) is 0 Å². The van der Waals surface area contributed by atoms with E-state index in [1.165, 1.54) is 12.1 Å². The molecule has 0 aliphatic carbocycles. The van der Waals surface area contributed by atoms with Crippen molar-refractivity contribution in [3.8, 4) is 0 Å². The molecule has 0 aliphatic heterocycles. The smallest absolute Gasteiger partial charge is 0.262 e. The Morgan fingerprint density at radius 1 is 1.05 bits per heavy atom. The number of rotatable bonds is 3. The van der Waals surface area contributed by atoms with Crippen LogP contribution in [0.15, 0.2) is 45.8 Å². The lowest BCUT2D eigenvalue weighted by Crippen LogP contribution is -2.14. The van der Waals surface area contributed by atoms with Crippen molar-refractivity contribution in [1.29, 1.82) is 0 Å². The van der Waals surface area contributed by atoms with E-state index in [1.54, 1.807) is 0 Å². The molecule has 0 saturated heterocycles. The summed E-state index contributed by atoms with van der Waals surface area (Å²) in [7, 11) is -4.06. The van der Waals surface area contributed by atoms with Gasteiger partial charge >= 0.3 is 0 Å². The molecule has 0 aromatic heterocycles. The minimum Gasteiger partial charge on any atom is -0.399 e. The second-order valence-electron chi connectivity index (χ2n) is 3.95. The minimum atomic E-state index is -4.06. The third kappa shape index (κ3) is 3.26. The summed E-state index contributed by atoms with van der Waals surface area (Å²) in [6.45, 7) is 0.